The maximum Gasteiger partial charge on any atom is 0.0799 e. The van der Waals surface area contributed by atoms with Crippen LogP contribution in [0.15, 0.2) is 0 Å². The maximum absolute atomic E-state index is 2.31. The summed E-state index contributed by atoms with van der Waals surface area (Å²) in [5.74, 6) is 1.04. The Morgan fingerprint density at radius 1 is 0.436 bits per heavy atom. The standard InChI is InChI=1S/C37H75N.ClH/c1-3-5-7-9-11-13-15-17-19-21-23-25-27-29-32-37-33-31-35-38(36-37)34-30-28-26-24-22-20-18-16-14-12-10-8-6-4-2;/h37H,3-36H2,1-2H3;1H. The number of rotatable bonds is 30. The second-order valence-electron chi connectivity index (χ2n) is 13.4. The van der Waals surface area contributed by atoms with Crippen LogP contribution < -0.4 is 17.3 Å². The second kappa shape index (κ2) is 32.8. The largest absolute Gasteiger partial charge is 1.00 e. The first-order valence-electron chi connectivity index (χ1n) is 18.7. The summed E-state index contributed by atoms with van der Waals surface area (Å²) >= 11 is 0. The van der Waals surface area contributed by atoms with E-state index in [-0.39, 0.29) is 12.4 Å². The third kappa shape index (κ3) is 28.2. The van der Waals surface area contributed by atoms with E-state index in [0.717, 1.165) is 5.92 Å². The van der Waals surface area contributed by atoms with Gasteiger partial charge in [0.2, 0.25) is 0 Å². The Balaban J connectivity index is 0.0000144. The summed E-state index contributed by atoms with van der Waals surface area (Å²) in [7, 11) is 0. The summed E-state index contributed by atoms with van der Waals surface area (Å²) in [6, 6.07) is 0. The molecule has 0 saturated carbocycles. The Bertz CT molecular complexity index is 401. The molecule has 2 heteroatoms. The molecule has 2 atom stereocenters. The third-order valence-electron chi connectivity index (χ3n) is 9.57. The molecule has 0 bridgehead atoms. The van der Waals surface area contributed by atoms with Crippen LogP contribution in [0.25, 0.3) is 0 Å². The predicted molar refractivity (Wildman–Crippen MR) is 174 cm³/mol. The number of unbranched alkanes of at least 4 members (excludes halogenated alkanes) is 26. The van der Waals surface area contributed by atoms with Crippen molar-refractivity contribution in [2.75, 3.05) is 19.6 Å². The highest BCUT2D eigenvalue weighted by atomic mass is 35.5. The van der Waals surface area contributed by atoms with Crippen LogP contribution in [0.3, 0.4) is 0 Å². The number of quaternary nitrogens is 1. The van der Waals surface area contributed by atoms with E-state index in [1.54, 1.807) is 0 Å². The Kier molecular flexibility index (Phi) is 33.0. The molecule has 0 aromatic carbocycles. The van der Waals surface area contributed by atoms with Crippen molar-refractivity contribution in [1.29, 1.82) is 0 Å². The molecule has 39 heavy (non-hydrogen) atoms. The highest BCUT2D eigenvalue weighted by molar-refractivity contribution is 4.63. The highest BCUT2D eigenvalue weighted by Crippen LogP contribution is 2.18. The molecule has 0 spiro atoms. The lowest BCUT2D eigenvalue weighted by Crippen LogP contribution is -3.13. The van der Waals surface area contributed by atoms with Gasteiger partial charge in [0.1, 0.15) is 0 Å². The predicted octanol–water partition coefficient (Wildman–Crippen LogP) is 8.64. The molecule has 1 aliphatic heterocycles. The van der Waals surface area contributed by atoms with Crippen LogP contribution in [-0.4, -0.2) is 19.6 Å². The van der Waals surface area contributed by atoms with Crippen LogP contribution in [0.5, 0.6) is 0 Å². The molecule has 1 saturated heterocycles. The topological polar surface area (TPSA) is 4.44 Å². The fourth-order valence-electron chi connectivity index (χ4n) is 6.92. The molecule has 0 aromatic heterocycles. The Morgan fingerprint density at radius 3 is 1.15 bits per heavy atom. The van der Waals surface area contributed by atoms with E-state index in [1.807, 2.05) is 4.90 Å². The van der Waals surface area contributed by atoms with E-state index in [9.17, 15) is 0 Å². The molecular formula is C37H76ClN. The quantitative estimate of drug-likeness (QED) is 0.0825. The van der Waals surface area contributed by atoms with Gasteiger partial charge in [-0.3, -0.25) is 0 Å². The van der Waals surface area contributed by atoms with E-state index in [2.05, 4.69) is 13.8 Å². The minimum absolute atomic E-state index is 0. The van der Waals surface area contributed by atoms with Crippen molar-refractivity contribution < 1.29 is 17.3 Å². The lowest BCUT2D eigenvalue weighted by atomic mass is 9.92. The van der Waals surface area contributed by atoms with Gasteiger partial charge in [-0.2, -0.15) is 0 Å². The first-order chi connectivity index (χ1) is 18.9. The first-order valence-corrected chi connectivity index (χ1v) is 18.7. The van der Waals surface area contributed by atoms with E-state index in [1.165, 1.54) is 219 Å². The number of piperidine rings is 1. The summed E-state index contributed by atoms with van der Waals surface area (Å²) < 4.78 is 0. The average Bonchev–Trinajstić information content (AvgIpc) is 2.93. The fraction of sp³-hybridized carbons (Fsp3) is 1.00. The van der Waals surface area contributed by atoms with Crippen molar-refractivity contribution in [3.8, 4) is 0 Å². The van der Waals surface area contributed by atoms with E-state index in [0.29, 0.717) is 0 Å². The number of nitrogens with one attached hydrogen (secondary N) is 1. The molecule has 0 amide bonds. The molecule has 0 aliphatic carbocycles. The Hall–Kier alpha value is 0.250. The zero-order valence-electron chi connectivity index (χ0n) is 27.5. The highest BCUT2D eigenvalue weighted by Gasteiger charge is 2.22. The van der Waals surface area contributed by atoms with Gasteiger partial charge in [-0.05, 0) is 32.1 Å². The van der Waals surface area contributed by atoms with Crippen LogP contribution in [0, 0.1) is 5.92 Å². The summed E-state index contributed by atoms with van der Waals surface area (Å²) in [5.41, 5.74) is 0. The lowest BCUT2D eigenvalue weighted by molar-refractivity contribution is -0.909. The van der Waals surface area contributed by atoms with Crippen molar-refractivity contribution in [3.63, 3.8) is 0 Å². The third-order valence-corrected chi connectivity index (χ3v) is 9.57. The number of hydrogen-bond acceptors (Lipinski definition) is 0. The maximum atomic E-state index is 2.31. The summed E-state index contributed by atoms with van der Waals surface area (Å²) in [5, 5.41) is 0. The molecule has 1 aliphatic rings. The molecule has 1 heterocycles. The lowest BCUT2D eigenvalue weighted by Gasteiger charge is -2.30. The number of likely N-dealkylation sites (tertiary alicyclic amines) is 1. The van der Waals surface area contributed by atoms with Gasteiger partial charge < -0.3 is 17.3 Å². The van der Waals surface area contributed by atoms with Gasteiger partial charge in [-0.25, -0.2) is 0 Å². The molecule has 236 valence electrons. The minimum atomic E-state index is 0. The Morgan fingerprint density at radius 2 is 0.769 bits per heavy atom. The van der Waals surface area contributed by atoms with Crippen LogP contribution in [-0.2, 0) is 0 Å². The SMILES string of the molecule is CCCCCCCCCCCCCCCCC1CCC[NH+](CCCCCCCCCCCCCCCC)C1.[Cl-]. The van der Waals surface area contributed by atoms with Crippen LogP contribution in [0.2, 0.25) is 0 Å². The van der Waals surface area contributed by atoms with Crippen molar-refractivity contribution in [3.05, 3.63) is 0 Å². The second-order valence-corrected chi connectivity index (χ2v) is 13.4. The molecule has 2 unspecified atom stereocenters. The molecule has 0 aromatic rings. The zero-order valence-corrected chi connectivity index (χ0v) is 28.3. The van der Waals surface area contributed by atoms with Crippen molar-refractivity contribution in [1.82, 2.24) is 0 Å². The summed E-state index contributed by atoms with van der Waals surface area (Å²) in [6.45, 7) is 9.05. The molecule has 1 N–H and O–H groups in total. The normalized spacial score (nSPS) is 17.4. The van der Waals surface area contributed by atoms with Gasteiger partial charge in [-0.1, -0.05) is 181 Å². The van der Waals surface area contributed by atoms with Gasteiger partial charge in [0.25, 0.3) is 0 Å². The molecular weight excluding hydrogens is 494 g/mol. The van der Waals surface area contributed by atoms with Gasteiger partial charge >= 0.3 is 0 Å². The summed E-state index contributed by atoms with van der Waals surface area (Å²) in [4.78, 5) is 1.95. The number of halogens is 1. The zero-order chi connectivity index (χ0) is 27.2. The first kappa shape index (κ1) is 39.2. The van der Waals surface area contributed by atoms with Gasteiger partial charge in [0.15, 0.2) is 0 Å². The Labute approximate surface area is 255 Å². The van der Waals surface area contributed by atoms with Crippen molar-refractivity contribution in [2.24, 2.45) is 5.92 Å². The monoisotopic (exact) mass is 570 g/mol. The fourth-order valence-corrected chi connectivity index (χ4v) is 6.92. The van der Waals surface area contributed by atoms with Crippen LogP contribution >= 0.6 is 0 Å². The van der Waals surface area contributed by atoms with Gasteiger partial charge in [0, 0.05) is 5.92 Å². The number of hydrogen-bond donors (Lipinski definition) is 1. The van der Waals surface area contributed by atoms with Gasteiger partial charge in [-0.15, -0.1) is 0 Å². The van der Waals surface area contributed by atoms with Crippen LogP contribution in [0.1, 0.15) is 213 Å². The smallest absolute Gasteiger partial charge is 0.0799 e. The van der Waals surface area contributed by atoms with Crippen molar-refractivity contribution in [2.45, 2.75) is 213 Å². The summed E-state index contributed by atoms with van der Waals surface area (Å²) in [6.07, 6.45) is 46.0. The van der Waals surface area contributed by atoms with E-state index in [4.69, 9.17) is 0 Å². The molecule has 1 nitrogen and oxygen atoms in total. The van der Waals surface area contributed by atoms with E-state index < -0.39 is 0 Å². The van der Waals surface area contributed by atoms with Gasteiger partial charge in [0.05, 0.1) is 19.6 Å². The minimum Gasteiger partial charge on any atom is -1.00 e. The molecule has 1 rings (SSSR count). The van der Waals surface area contributed by atoms with Crippen LogP contribution in [0.4, 0.5) is 0 Å². The molecule has 1 fully saturated rings. The molecule has 0 radical (unpaired) electrons. The van der Waals surface area contributed by atoms with Crippen molar-refractivity contribution >= 4 is 0 Å². The average molecular weight is 570 g/mol. The van der Waals surface area contributed by atoms with E-state index >= 15 is 0 Å².